The lowest BCUT2D eigenvalue weighted by atomic mass is 10.1. The van der Waals surface area contributed by atoms with E-state index >= 15 is 0 Å². The van der Waals surface area contributed by atoms with Gasteiger partial charge < -0.3 is 5.32 Å². The first-order valence-electron chi connectivity index (χ1n) is 6.16. The highest BCUT2D eigenvalue weighted by molar-refractivity contribution is 5.18. The fourth-order valence-corrected chi connectivity index (χ4v) is 2.23. The number of rotatable bonds is 5. The van der Waals surface area contributed by atoms with Crippen molar-refractivity contribution in [2.24, 2.45) is 5.92 Å². The Balaban J connectivity index is 1.86. The van der Waals surface area contributed by atoms with Gasteiger partial charge in [-0.15, -0.1) is 0 Å². The van der Waals surface area contributed by atoms with E-state index in [1.807, 2.05) is 12.1 Å². The van der Waals surface area contributed by atoms with Crippen LogP contribution in [0.1, 0.15) is 32.3 Å². The Kier molecular flexibility index (Phi) is 3.59. The lowest BCUT2D eigenvalue weighted by Crippen LogP contribution is -2.37. The lowest BCUT2D eigenvalue weighted by molar-refractivity contribution is 0.426. The Morgan fingerprint density at radius 1 is 1.31 bits per heavy atom. The van der Waals surface area contributed by atoms with E-state index in [4.69, 9.17) is 0 Å². The summed E-state index contributed by atoms with van der Waals surface area (Å²) in [6.07, 6.45) is 3.46. The predicted octanol–water partition coefficient (Wildman–Crippen LogP) is 3.14. The van der Waals surface area contributed by atoms with Gasteiger partial charge in [-0.2, -0.15) is 0 Å². The Labute approximate surface area is 97.1 Å². The van der Waals surface area contributed by atoms with E-state index in [1.54, 1.807) is 6.07 Å². The van der Waals surface area contributed by atoms with E-state index < -0.39 is 0 Å². The predicted molar refractivity (Wildman–Crippen MR) is 64.9 cm³/mol. The number of hydrogen-bond acceptors (Lipinski definition) is 1. The van der Waals surface area contributed by atoms with Gasteiger partial charge in [0, 0.05) is 12.1 Å². The molecule has 0 spiro atoms. The molecule has 2 heteroatoms. The van der Waals surface area contributed by atoms with Crippen molar-refractivity contribution in [3.05, 3.63) is 35.6 Å². The summed E-state index contributed by atoms with van der Waals surface area (Å²) in [6, 6.07) is 7.95. The van der Waals surface area contributed by atoms with E-state index in [9.17, 15) is 4.39 Å². The summed E-state index contributed by atoms with van der Waals surface area (Å²) in [5.41, 5.74) is 0.811. The quantitative estimate of drug-likeness (QED) is 0.805. The molecule has 1 aromatic rings. The zero-order valence-corrected chi connectivity index (χ0v) is 10.0. The van der Waals surface area contributed by atoms with Gasteiger partial charge in [0.05, 0.1) is 0 Å². The fourth-order valence-electron chi connectivity index (χ4n) is 2.23. The van der Waals surface area contributed by atoms with Crippen molar-refractivity contribution < 1.29 is 4.39 Å². The summed E-state index contributed by atoms with van der Waals surface area (Å²) in [7, 11) is 0. The van der Waals surface area contributed by atoms with Gasteiger partial charge in [-0.05, 0) is 50.7 Å². The summed E-state index contributed by atoms with van der Waals surface area (Å²) in [5, 5.41) is 3.55. The average molecular weight is 221 g/mol. The molecule has 88 valence electrons. The molecule has 0 saturated heterocycles. The highest BCUT2D eigenvalue weighted by atomic mass is 19.1. The van der Waals surface area contributed by atoms with Crippen LogP contribution in [0.2, 0.25) is 0 Å². The van der Waals surface area contributed by atoms with Crippen LogP contribution < -0.4 is 5.32 Å². The second-order valence-electron chi connectivity index (χ2n) is 4.99. The zero-order chi connectivity index (χ0) is 11.5. The monoisotopic (exact) mass is 221 g/mol. The van der Waals surface area contributed by atoms with Crippen molar-refractivity contribution in [3.8, 4) is 0 Å². The minimum Gasteiger partial charge on any atom is -0.311 e. The van der Waals surface area contributed by atoms with Crippen LogP contribution >= 0.6 is 0 Å². The average Bonchev–Trinajstić information content (AvgIpc) is 3.04. The summed E-state index contributed by atoms with van der Waals surface area (Å²) < 4.78 is 13.4. The smallest absolute Gasteiger partial charge is 0.126 e. The third-order valence-electron chi connectivity index (χ3n) is 3.36. The highest BCUT2D eigenvalue weighted by Gasteiger charge is 2.28. The van der Waals surface area contributed by atoms with Crippen molar-refractivity contribution in [3.63, 3.8) is 0 Å². The second-order valence-corrected chi connectivity index (χ2v) is 4.99. The van der Waals surface area contributed by atoms with Crippen molar-refractivity contribution >= 4 is 0 Å². The summed E-state index contributed by atoms with van der Waals surface area (Å²) in [5.74, 6) is 0.762. The SMILES string of the molecule is CC(Cc1ccccc1F)NC(C)C1CC1. The van der Waals surface area contributed by atoms with Crippen LogP contribution in [0.15, 0.2) is 24.3 Å². The molecular weight excluding hydrogens is 201 g/mol. The second kappa shape index (κ2) is 4.96. The van der Waals surface area contributed by atoms with Crippen LogP contribution in [0.25, 0.3) is 0 Å². The molecule has 0 aromatic heterocycles. The van der Waals surface area contributed by atoms with E-state index in [0.29, 0.717) is 12.1 Å². The number of nitrogens with one attached hydrogen (secondary N) is 1. The van der Waals surface area contributed by atoms with Gasteiger partial charge in [-0.25, -0.2) is 4.39 Å². The molecule has 1 fully saturated rings. The lowest BCUT2D eigenvalue weighted by Gasteiger charge is -2.20. The minimum absolute atomic E-state index is 0.0878. The van der Waals surface area contributed by atoms with E-state index in [-0.39, 0.29) is 5.82 Å². The summed E-state index contributed by atoms with van der Waals surface area (Å²) in [6.45, 7) is 4.36. The van der Waals surface area contributed by atoms with Gasteiger partial charge in [0.25, 0.3) is 0 Å². The van der Waals surface area contributed by atoms with Crippen LogP contribution in [-0.2, 0) is 6.42 Å². The molecule has 0 radical (unpaired) electrons. The van der Waals surface area contributed by atoms with E-state index in [0.717, 1.165) is 17.9 Å². The van der Waals surface area contributed by atoms with Crippen LogP contribution in [0.4, 0.5) is 4.39 Å². The fraction of sp³-hybridized carbons (Fsp3) is 0.571. The minimum atomic E-state index is -0.0878. The Morgan fingerprint density at radius 3 is 2.62 bits per heavy atom. The first-order valence-corrected chi connectivity index (χ1v) is 6.16. The third kappa shape index (κ3) is 3.05. The number of benzene rings is 1. The standard InChI is InChI=1S/C14H20FN/c1-10(16-11(2)12-7-8-12)9-13-5-3-4-6-14(13)15/h3-6,10-12,16H,7-9H2,1-2H3. The molecule has 1 aromatic carbocycles. The van der Waals surface area contributed by atoms with Gasteiger partial charge >= 0.3 is 0 Å². The van der Waals surface area contributed by atoms with E-state index in [1.165, 1.54) is 18.9 Å². The molecule has 0 bridgehead atoms. The molecule has 16 heavy (non-hydrogen) atoms. The number of halogens is 1. The number of hydrogen-bond donors (Lipinski definition) is 1. The molecule has 1 N–H and O–H groups in total. The Morgan fingerprint density at radius 2 is 2.00 bits per heavy atom. The summed E-state index contributed by atoms with van der Waals surface area (Å²) >= 11 is 0. The third-order valence-corrected chi connectivity index (χ3v) is 3.36. The van der Waals surface area contributed by atoms with Crippen molar-refractivity contribution in [1.82, 2.24) is 5.32 Å². The molecule has 2 rings (SSSR count). The Bertz CT molecular complexity index is 346. The molecule has 1 aliphatic rings. The van der Waals surface area contributed by atoms with Gasteiger partial charge in [0.2, 0.25) is 0 Å². The molecule has 2 atom stereocenters. The topological polar surface area (TPSA) is 12.0 Å². The largest absolute Gasteiger partial charge is 0.311 e. The molecule has 0 heterocycles. The Hall–Kier alpha value is -0.890. The van der Waals surface area contributed by atoms with Crippen LogP contribution in [0.5, 0.6) is 0 Å². The van der Waals surface area contributed by atoms with Crippen molar-refractivity contribution in [1.29, 1.82) is 0 Å². The van der Waals surface area contributed by atoms with Gasteiger partial charge in [0.1, 0.15) is 5.82 Å². The van der Waals surface area contributed by atoms with Crippen molar-refractivity contribution in [2.75, 3.05) is 0 Å². The first-order chi connectivity index (χ1) is 7.66. The van der Waals surface area contributed by atoms with Gasteiger partial charge in [-0.3, -0.25) is 0 Å². The summed E-state index contributed by atoms with van der Waals surface area (Å²) in [4.78, 5) is 0. The maximum Gasteiger partial charge on any atom is 0.126 e. The molecular formula is C14H20FN. The van der Waals surface area contributed by atoms with Crippen LogP contribution in [0.3, 0.4) is 0 Å². The molecule has 1 aliphatic carbocycles. The maximum atomic E-state index is 13.4. The molecule has 0 amide bonds. The van der Waals surface area contributed by atoms with Crippen LogP contribution in [-0.4, -0.2) is 12.1 Å². The first kappa shape index (κ1) is 11.6. The van der Waals surface area contributed by atoms with Gasteiger partial charge in [-0.1, -0.05) is 18.2 Å². The molecule has 0 aliphatic heterocycles. The molecule has 2 unspecified atom stereocenters. The van der Waals surface area contributed by atoms with E-state index in [2.05, 4.69) is 19.2 Å². The van der Waals surface area contributed by atoms with Gasteiger partial charge in [0.15, 0.2) is 0 Å². The molecule has 1 nitrogen and oxygen atoms in total. The zero-order valence-electron chi connectivity index (χ0n) is 10.0. The molecule has 1 saturated carbocycles. The highest BCUT2D eigenvalue weighted by Crippen LogP contribution is 2.32. The van der Waals surface area contributed by atoms with Crippen molar-refractivity contribution in [2.45, 2.75) is 45.2 Å². The normalized spacial score (nSPS) is 19.4. The maximum absolute atomic E-state index is 13.4. The van der Waals surface area contributed by atoms with Crippen LogP contribution in [0, 0.1) is 11.7 Å².